The van der Waals surface area contributed by atoms with Crippen LogP contribution in [-0.4, -0.2) is 5.91 Å². The first kappa shape index (κ1) is 15.2. The molecule has 1 aromatic carbocycles. The number of rotatable bonds is 6. The maximum absolute atomic E-state index is 12.4. The van der Waals surface area contributed by atoms with E-state index in [1.54, 1.807) is 12.5 Å². The molecular weight excluding hydrogens is 290 g/mol. The molecule has 0 radical (unpaired) electrons. The van der Waals surface area contributed by atoms with Crippen molar-refractivity contribution in [1.82, 2.24) is 5.32 Å². The summed E-state index contributed by atoms with van der Waals surface area (Å²) >= 11 is 0. The number of carbonyl (C=O) groups is 1. The summed E-state index contributed by atoms with van der Waals surface area (Å²) in [5.41, 5.74) is 1.92. The van der Waals surface area contributed by atoms with Gasteiger partial charge in [0.1, 0.15) is 17.8 Å². The largest absolute Gasteiger partial charge is 0.472 e. The van der Waals surface area contributed by atoms with Crippen molar-refractivity contribution in [3.05, 3.63) is 72.4 Å². The lowest BCUT2D eigenvalue weighted by Crippen LogP contribution is -2.28. The molecule has 0 bridgehead atoms. The summed E-state index contributed by atoms with van der Waals surface area (Å²) in [5.74, 6) is 1.33. The molecule has 1 atom stereocenters. The smallest absolute Gasteiger partial charge is 0.227 e. The van der Waals surface area contributed by atoms with Crippen LogP contribution in [-0.2, 0) is 11.3 Å². The van der Waals surface area contributed by atoms with Crippen molar-refractivity contribution in [2.24, 2.45) is 0 Å². The normalized spacial score (nSPS) is 12.0. The summed E-state index contributed by atoms with van der Waals surface area (Å²) in [6.45, 7) is 2.39. The van der Waals surface area contributed by atoms with Crippen LogP contribution in [0.15, 0.2) is 69.9 Å². The van der Waals surface area contributed by atoms with Gasteiger partial charge in [-0.25, -0.2) is 0 Å². The molecule has 0 aliphatic carbocycles. The van der Waals surface area contributed by atoms with Gasteiger partial charge in [0.25, 0.3) is 0 Å². The van der Waals surface area contributed by atoms with E-state index in [-0.39, 0.29) is 11.8 Å². The van der Waals surface area contributed by atoms with Gasteiger partial charge in [0.15, 0.2) is 0 Å². The zero-order valence-electron chi connectivity index (χ0n) is 13.0. The lowest BCUT2D eigenvalue weighted by Gasteiger charge is -2.14. The Balaban J connectivity index is 1.62. The second kappa shape index (κ2) is 7.01. The molecule has 0 unspecified atom stereocenters. The highest BCUT2D eigenvalue weighted by Gasteiger charge is 2.18. The van der Waals surface area contributed by atoms with Gasteiger partial charge >= 0.3 is 0 Å². The van der Waals surface area contributed by atoms with E-state index in [0.717, 1.165) is 29.1 Å². The molecule has 1 amide bonds. The summed E-state index contributed by atoms with van der Waals surface area (Å²) in [6, 6.07) is 15.4. The molecule has 2 heterocycles. The molecular formula is C19H19NO3. The fraction of sp³-hybridized carbons (Fsp3) is 0.211. The Hall–Kier alpha value is -2.75. The van der Waals surface area contributed by atoms with Gasteiger partial charge in [-0.1, -0.05) is 37.3 Å². The topological polar surface area (TPSA) is 55.4 Å². The quantitative estimate of drug-likeness (QED) is 0.736. The molecule has 0 aliphatic rings. The second-order valence-corrected chi connectivity index (χ2v) is 5.37. The maximum atomic E-state index is 12.4. The summed E-state index contributed by atoms with van der Waals surface area (Å²) in [7, 11) is 0. The molecule has 3 aromatic rings. The van der Waals surface area contributed by atoms with Crippen molar-refractivity contribution >= 4 is 5.91 Å². The van der Waals surface area contributed by atoms with Gasteiger partial charge < -0.3 is 14.2 Å². The molecule has 2 aromatic heterocycles. The zero-order valence-corrected chi connectivity index (χ0v) is 13.0. The van der Waals surface area contributed by atoms with E-state index in [1.165, 1.54) is 0 Å². The van der Waals surface area contributed by atoms with Crippen molar-refractivity contribution < 1.29 is 13.6 Å². The molecule has 0 fully saturated rings. The summed E-state index contributed by atoms with van der Waals surface area (Å²) < 4.78 is 10.8. The lowest BCUT2D eigenvalue weighted by molar-refractivity contribution is -0.122. The van der Waals surface area contributed by atoms with Gasteiger partial charge in [0, 0.05) is 0 Å². The Labute approximate surface area is 135 Å². The van der Waals surface area contributed by atoms with E-state index in [9.17, 15) is 4.79 Å². The van der Waals surface area contributed by atoms with E-state index in [2.05, 4.69) is 5.32 Å². The fourth-order valence-electron chi connectivity index (χ4n) is 2.59. The number of nitrogens with one attached hydrogen (secondary N) is 1. The highest BCUT2D eigenvalue weighted by molar-refractivity contribution is 5.83. The van der Waals surface area contributed by atoms with Crippen LogP contribution < -0.4 is 5.32 Å². The predicted molar refractivity (Wildman–Crippen MR) is 87.7 cm³/mol. The molecule has 3 rings (SSSR count). The molecule has 1 N–H and O–H groups in total. The van der Waals surface area contributed by atoms with Gasteiger partial charge in [-0.15, -0.1) is 0 Å². The molecule has 4 nitrogen and oxygen atoms in total. The molecule has 0 saturated carbocycles. The Bertz CT molecular complexity index is 744. The van der Waals surface area contributed by atoms with Crippen molar-refractivity contribution in [3.63, 3.8) is 0 Å². The van der Waals surface area contributed by atoms with Crippen LogP contribution in [0.1, 0.15) is 30.6 Å². The molecule has 118 valence electrons. The van der Waals surface area contributed by atoms with Gasteiger partial charge in [0.2, 0.25) is 5.91 Å². The van der Waals surface area contributed by atoms with Crippen LogP contribution in [0.2, 0.25) is 0 Å². The van der Waals surface area contributed by atoms with Crippen LogP contribution in [0.3, 0.4) is 0 Å². The average Bonchev–Trinajstić information content (AvgIpc) is 3.26. The van der Waals surface area contributed by atoms with Gasteiger partial charge in [-0.2, -0.15) is 0 Å². The first-order valence-electron chi connectivity index (χ1n) is 7.72. The zero-order chi connectivity index (χ0) is 16.1. The summed E-state index contributed by atoms with van der Waals surface area (Å²) in [6.07, 6.45) is 3.99. The average molecular weight is 309 g/mol. The van der Waals surface area contributed by atoms with Crippen LogP contribution in [0, 0.1) is 0 Å². The minimum atomic E-state index is -0.139. The van der Waals surface area contributed by atoms with Crippen molar-refractivity contribution in [2.75, 3.05) is 0 Å². The van der Waals surface area contributed by atoms with E-state index in [0.29, 0.717) is 6.54 Å². The SMILES string of the molecule is CC[C@@H](C(=O)NCc1ccc(-c2ccoc2)o1)c1ccccc1. The highest BCUT2D eigenvalue weighted by Crippen LogP contribution is 2.23. The predicted octanol–water partition coefficient (Wildman–Crippen LogP) is 4.35. The first-order chi connectivity index (χ1) is 11.3. The van der Waals surface area contributed by atoms with Gasteiger partial charge in [0.05, 0.1) is 24.3 Å². The molecule has 4 heteroatoms. The number of carbonyl (C=O) groups excluding carboxylic acids is 1. The maximum Gasteiger partial charge on any atom is 0.227 e. The van der Waals surface area contributed by atoms with E-state index >= 15 is 0 Å². The van der Waals surface area contributed by atoms with Gasteiger partial charge in [-0.05, 0) is 30.2 Å². The molecule has 0 spiro atoms. The minimum absolute atomic E-state index is 0.0139. The summed E-state index contributed by atoms with van der Waals surface area (Å²) in [5, 5.41) is 2.95. The van der Waals surface area contributed by atoms with E-state index in [4.69, 9.17) is 8.83 Å². The minimum Gasteiger partial charge on any atom is -0.472 e. The van der Waals surface area contributed by atoms with Gasteiger partial charge in [-0.3, -0.25) is 4.79 Å². The Morgan fingerprint density at radius 2 is 1.96 bits per heavy atom. The van der Waals surface area contributed by atoms with E-state index in [1.807, 2.05) is 55.5 Å². The standard InChI is InChI=1S/C19H19NO3/c1-2-17(14-6-4-3-5-7-14)19(21)20-12-16-8-9-18(23-16)15-10-11-22-13-15/h3-11,13,17H,2,12H2,1H3,(H,20,21)/t17-/m1/s1. The third-order valence-corrected chi connectivity index (χ3v) is 3.83. The third-order valence-electron chi connectivity index (χ3n) is 3.83. The number of furan rings is 2. The van der Waals surface area contributed by atoms with Crippen LogP contribution in [0.25, 0.3) is 11.3 Å². The fourth-order valence-corrected chi connectivity index (χ4v) is 2.59. The van der Waals surface area contributed by atoms with Crippen molar-refractivity contribution in [1.29, 1.82) is 0 Å². The first-order valence-corrected chi connectivity index (χ1v) is 7.72. The highest BCUT2D eigenvalue weighted by atomic mass is 16.3. The lowest BCUT2D eigenvalue weighted by atomic mass is 9.96. The number of amides is 1. The van der Waals surface area contributed by atoms with Crippen LogP contribution in [0.4, 0.5) is 0 Å². The van der Waals surface area contributed by atoms with Crippen molar-refractivity contribution in [3.8, 4) is 11.3 Å². The molecule has 23 heavy (non-hydrogen) atoms. The molecule has 0 saturated heterocycles. The Kier molecular flexibility index (Phi) is 4.62. The van der Waals surface area contributed by atoms with Crippen molar-refractivity contribution in [2.45, 2.75) is 25.8 Å². The van der Waals surface area contributed by atoms with Crippen LogP contribution >= 0.6 is 0 Å². The monoisotopic (exact) mass is 309 g/mol. The number of hydrogen-bond acceptors (Lipinski definition) is 3. The third kappa shape index (κ3) is 3.54. The second-order valence-electron chi connectivity index (χ2n) is 5.37. The number of hydrogen-bond donors (Lipinski definition) is 1. The summed E-state index contributed by atoms with van der Waals surface area (Å²) in [4.78, 5) is 12.4. The molecule has 0 aliphatic heterocycles. The van der Waals surface area contributed by atoms with Crippen LogP contribution in [0.5, 0.6) is 0 Å². The Morgan fingerprint density at radius 1 is 1.13 bits per heavy atom. The number of benzene rings is 1. The Morgan fingerprint density at radius 3 is 2.65 bits per heavy atom. The van der Waals surface area contributed by atoms with E-state index < -0.39 is 0 Å².